The highest BCUT2D eigenvalue weighted by atomic mass is 32.1. The van der Waals surface area contributed by atoms with Crippen LogP contribution in [-0.4, -0.2) is 15.6 Å². The first kappa shape index (κ1) is 11.9. The molecule has 0 unspecified atom stereocenters. The Kier molecular flexibility index (Phi) is 3.29. The monoisotopic (exact) mass is 224 g/mol. The Balaban J connectivity index is 3.18. The molecule has 0 atom stereocenters. The molecule has 4 heteroatoms. The van der Waals surface area contributed by atoms with Crippen molar-refractivity contribution in [2.45, 2.75) is 33.3 Å². The number of hydrogen-bond donors (Lipinski definition) is 1. The quantitative estimate of drug-likeness (QED) is 0.782. The topological polar surface area (TPSA) is 48.1 Å². The molecule has 15 heavy (non-hydrogen) atoms. The molecule has 3 nitrogen and oxygen atoms in total. The van der Waals surface area contributed by atoms with Crippen molar-refractivity contribution in [1.82, 2.24) is 4.98 Å². The maximum absolute atomic E-state index is 5.70. The summed E-state index contributed by atoms with van der Waals surface area (Å²) in [6.45, 7) is 7.81. The van der Waals surface area contributed by atoms with Gasteiger partial charge in [0.05, 0.1) is 5.56 Å². The van der Waals surface area contributed by atoms with E-state index < -0.39 is 0 Å². The Morgan fingerprint density at radius 2 is 2.07 bits per heavy atom. The summed E-state index contributed by atoms with van der Waals surface area (Å²) in [6, 6.07) is 1.87. The van der Waals surface area contributed by atoms with E-state index in [9.17, 15) is 0 Å². The van der Waals surface area contributed by atoms with Gasteiger partial charge in [-0.3, -0.25) is 0 Å². The number of aromatic nitrogens is 1. The number of hydrogen-bond acceptors (Lipinski definition) is 3. The second-order valence-electron chi connectivity index (χ2n) is 4.39. The van der Waals surface area contributed by atoms with Gasteiger partial charge in [0.15, 0.2) is 0 Å². The molecule has 0 amide bonds. The number of aryl methyl sites for hydroxylation is 1. The number of nitrogens with two attached hydrogens (primary N) is 1. The normalized spacial score (nSPS) is 11.2. The molecule has 0 aliphatic rings. The lowest BCUT2D eigenvalue weighted by atomic mass is 10.1. The summed E-state index contributed by atoms with van der Waals surface area (Å²) in [4.78, 5) is 4.48. The van der Waals surface area contributed by atoms with E-state index in [0.717, 1.165) is 11.1 Å². The fourth-order valence-corrected chi connectivity index (χ4v) is 1.45. The van der Waals surface area contributed by atoms with Gasteiger partial charge in [0.25, 0.3) is 0 Å². The third kappa shape index (κ3) is 3.16. The van der Waals surface area contributed by atoms with Gasteiger partial charge in [0, 0.05) is 6.20 Å². The highest BCUT2D eigenvalue weighted by Gasteiger charge is 2.18. The van der Waals surface area contributed by atoms with Gasteiger partial charge in [-0.05, 0) is 39.3 Å². The van der Waals surface area contributed by atoms with Crippen molar-refractivity contribution in [3.63, 3.8) is 0 Å². The molecule has 0 saturated heterocycles. The van der Waals surface area contributed by atoms with Crippen LogP contribution in [0.5, 0.6) is 5.88 Å². The third-order valence-corrected chi connectivity index (χ3v) is 1.98. The maximum atomic E-state index is 5.70. The summed E-state index contributed by atoms with van der Waals surface area (Å²) in [5.41, 5.74) is 7.05. The molecule has 0 aliphatic heterocycles. The molecular formula is C11H16N2OS. The summed E-state index contributed by atoms with van der Waals surface area (Å²) in [6.07, 6.45) is 1.69. The van der Waals surface area contributed by atoms with E-state index in [1.807, 2.05) is 33.8 Å². The lowest BCUT2D eigenvalue weighted by molar-refractivity contribution is 0.124. The van der Waals surface area contributed by atoms with E-state index in [4.69, 9.17) is 22.7 Å². The van der Waals surface area contributed by atoms with Crippen molar-refractivity contribution >= 4 is 17.2 Å². The second kappa shape index (κ2) is 4.14. The molecule has 0 saturated carbocycles. The number of rotatable bonds is 2. The lowest BCUT2D eigenvalue weighted by Gasteiger charge is -2.22. The molecule has 0 aromatic carbocycles. The smallest absolute Gasteiger partial charge is 0.224 e. The van der Waals surface area contributed by atoms with E-state index in [0.29, 0.717) is 10.9 Å². The summed E-state index contributed by atoms with van der Waals surface area (Å²) >= 11 is 4.98. The van der Waals surface area contributed by atoms with Crippen LogP contribution >= 0.6 is 12.2 Å². The molecule has 0 radical (unpaired) electrons. The minimum Gasteiger partial charge on any atom is -0.471 e. The molecule has 2 N–H and O–H groups in total. The molecule has 0 fully saturated rings. The SMILES string of the molecule is Cc1ccnc(OC(C)(C)C)c1C(N)=S. The zero-order valence-corrected chi connectivity index (χ0v) is 10.3. The Labute approximate surface area is 95.7 Å². The summed E-state index contributed by atoms with van der Waals surface area (Å²) in [5.74, 6) is 0.509. The summed E-state index contributed by atoms with van der Waals surface area (Å²) in [5, 5.41) is 0. The highest BCUT2D eigenvalue weighted by molar-refractivity contribution is 7.80. The van der Waals surface area contributed by atoms with Crippen molar-refractivity contribution in [2.24, 2.45) is 5.73 Å². The van der Waals surface area contributed by atoms with Gasteiger partial charge in [0.1, 0.15) is 10.6 Å². The number of ether oxygens (including phenoxy) is 1. The summed E-state index contributed by atoms with van der Waals surface area (Å²) in [7, 11) is 0. The molecule has 82 valence electrons. The Morgan fingerprint density at radius 1 is 1.47 bits per heavy atom. The van der Waals surface area contributed by atoms with Crippen molar-refractivity contribution < 1.29 is 4.74 Å². The Bertz CT molecular complexity index is 383. The van der Waals surface area contributed by atoms with Gasteiger partial charge in [-0.2, -0.15) is 0 Å². The van der Waals surface area contributed by atoms with E-state index in [1.54, 1.807) is 6.20 Å². The van der Waals surface area contributed by atoms with Crippen LogP contribution in [0.15, 0.2) is 12.3 Å². The zero-order valence-electron chi connectivity index (χ0n) is 9.50. The van der Waals surface area contributed by atoms with E-state index in [1.165, 1.54) is 0 Å². The van der Waals surface area contributed by atoms with E-state index in [-0.39, 0.29) is 5.60 Å². The van der Waals surface area contributed by atoms with Crippen molar-refractivity contribution in [3.05, 3.63) is 23.4 Å². The van der Waals surface area contributed by atoms with Crippen LogP contribution in [0.1, 0.15) is 31.9 Å². The van der Waals surface area contributed by atoms with E-state index >= 15 is 0 Å². The molecular weight excluding hydrogens is 208 g/mol. The predicted molar refractivity (Wildman–Crippen MR) is 65.2 cm³/mol. The second-order valence-corrected chi connectivity index (χ2v) is 4.83. The Morgan fingerprint density at radius 3 is 2.53 bits per heavy atom. The molecule has 0 spiro atoms. The fourth-order valence-electron chi connectivity index (χ4n) is 1.20. The predicted octanol–water partition coefficient (Wildman–Crippen LogP) is 2.20. The van der Waals surface area contributed by atoms with Gasteiger partial charge in [0.2, 0.25) is 5.88 Å². The minimum atomic E-state index is -0.305. The van der Waals surface area contributed by atoms with E-state index in [2.05, 4.69) is 4.98 Å². The fraction of sp³-hybridized carbons (Fsp3) is 0.455. The number of thiocarbonyl (C=S) groups is 1. The largest absolute Gasteiger partial charge is 0.471 e. The van der Waals surface area contributed by atoms with Gasteiger partial charge >= 0.3 is 0 Å². The average molecular weight is 224 g/mol. The van der Waals surface area contributed by atoms with Gasteiger partial charge in [-0.25, -0.2) is 4.98 Å². The lowest BCUT2D eigenvalue weighted by Crippen LogP contribution is -2.26. The van der Waals surface area contributed by atoms with Crippen LogP contribution in [-0.2, 0) is 0 Å². The molecule has 1 rings (SSSR count). The summed E-state index contributed by atoms with van der Waals surface area (Å²) < 4.78 is 5.70. The first-order valence-corrected chi connectivity index (χ1v) is 5.16. The van der Waals surface area contributed by atoms with Crippen LogP contribution in [0, 0.1) is 6.92 Å². The molecule has 1 aromatic rings. The number of pyridine rings is 1. The molecule has 1 aromatic heterocycles. The van der Waals surface area contributed by atoms with Crippen LogP contribution in [0.3, 0.4) is 0 Å². The highest BCUT2D eigenvalue weighted by Crippen LogP contribution is 2.22. The minimum absolute atomic E-state index is 0.305. The van der Waals surface area contributed by atoms with Crippen molar-refractivity contribution in [2.75, 3.05) is 0 Å². The van der Waals surface area contributed by atoms with Crippen LogP contribution in [0.25, 0.3) is 0 Å². The van der Waals surface area contributed by atoms with Crippen LogP contribution < -0.4 is 10.5 Å². The van der Waals surface area contributed by atoms with Gasteiger partial charge in [-0.15, -0.1) is 0 Å². The van der Waals surface area contributed by atoms with Crippen molar-refractivity contribution in [3.8, 4) is 5.88 Å². The Hall–Kier alpha value is -1.16. The first-order valence-electron chi connectivity index (χ1n) is 4.75. The average Bonchev–Trinajstić information content (AvgIpc) is 1.99. The standard InChI is InChI=1S/C11H16N2OS/c1-7-5-6-13-10(8(7)9(12)15)14-11(2,3)4/h5-6H,1-4H3,(H2,12,15). The molecule has 1 heterocycles. The maximum Gasteiger partial charge on any atom is 0.224 e. The van der Waals surface area contributed by atoms with Gasteiger partial charge in [-0.1, -0.05) is 12.2 Å². The van der Waals surface area contributed by atoms with Crippen LogP contribution in [0.4, 0.5) is 0 Å². The number of nitrogens with zero attached hydrogens (tertiary/aromatic N) is 1. The zero-order chi connectivity index (χ0) is 11.6. The van der Waals surface area contributed by atoms with Crippen molar-refractivity contribution in [1.29, 1.82) is 0 Å². The molecule has 0 aliphatic carbocycles. The third-order valence-electron chi connectivity index (χ3n) is 1.77. The van der Waals surface area contributed by atoms with Gasteiger partial charge < -0.3 is 10.5 Å². The van der Waals surface area contributed by atoms with Crippen LogP contribution in [0.2, 0.25) is 0 Å². The first-order chi connectivity index (χ1) is 6.81. The molecule has 0 bridgehead atoms.